The molecular weight excluding hydrogens is 258 g/mol. The fourth-order valence-electron chi connectivity index (χ4n) is 2.63. The molecule has 0 radical (unpaired) electrons. The van der Waals surface area contributed by atoms with Crippen molar-refractivity contribution in [2.75, 3.05) is 31.5 Å². The maximum absolute atomic E-state index is 12.0. The van der Waals surface area contributed by atoms with Crippen LogP contribution in [-0.2, 0) is 4.79 Å². The number of rotatable bonds is 5. The number of carbonyl (C=O) groups excluding carboxylic acids is 1. The second-order valence-corrected chi connectivity index (χ2v) is 5.75. The van der Waals surface area contributed by atoms with E-state index in [9.17, 15) is 4.79 Å². The number of amides is 1. The van der Waals surface area contributed by atoms with Crippen molar-refractivity contribution in [3.05, 3.63) is 5.89 Å². The Morgan fingerprint density at radius 2 is 2.25 bits per heavy atom. The molecule has 0 spiro atoms. The fourth-order valence-corrected chi connectivity index (χ4v) is 2.63. The summed E-state index contributed by atoms with van der Waals surface area (Å²) in [7, 11) is 0. The van der Waals surface area contributed by atoms with Crippen molar-refractivity contribution in [3.63, 3.8) is 0 Å². The molecule has 1 atom stereocenters. The smallest absolute Gasteiger partial charge is 0.322 e. The van der Waals surface area contributed by atoms with Crippen molar-refractivity contribution in [1.29, 1.82) is 0 Å². The molecule has 20 heavy (non-hydrogen) atoms. The topological polar surface area (TPSA) is 97.3 Å². The lowest BCUT2D eigenvalue weighted by Gasteiger charge is -2.31. The van der Waals surface area contributed by atoms with Gasteiger partial charge in [-0.15, -0.1) is 5.10 Å². The molecule has 1 saturated heterocycles. The molecule has 110 valence electrons. The van der Waals surface area contributed by atoms with Crippen LogP contribution in [0.2, 0.25) is 0 Å². The van der Waals surface area contributed by atoms with E-state index in [-0.39, 0.29) is 11.9 Å². The van der Waals surface area contributed by atoms with E-state index in [4.69, 9.17) is 10.2 Å². The van der Waals surface area contributed by atoms with Gasteiger partial charge in [-0.25, -0.2) is 0 Å². The van der Waals surface area contributed by atoms with Gasteiger partial charge in [0.2, 0.25) is 11.8 Å². The van der Waals surface area contributed by atoms with Crippen molar-refractivity contribution in [2.24, 2.45) is 11.7 Å². The summed E-state index contributed by atoms with van der Waals surface area (Å²) in [6, 6.07) is 0.212. The van der Waals surface area contributed by atoms with E-state index in [1.54, 1.807) is 0 Å². The first kappa shape index (κ1) is 13.5. The Hall–Kier alpha value is -1.47. The molecule has 1 saturated carbocycles. The molecule has 1 aliphatic carbocycles. The maximum atomic E-state index is 12.0. The summed E-state index contributed by atoms with van der Waals surface area (Å²) in [5.41, 5.74) is 5.70. The summed E-state index contributed by atoms with van der Waals surface area (Å²) in [5, 5.41) is 10.5. The number of anilines is 1. The zero-order valence-corrected chi connectivity index (χ0v) is 11.5. The summed E-state index contributed by atoms with van der Waals surface area (Å²) in [5.74, 6) is 1.44. The number of hydrogen-bond donors (Lipinski definition) is 2. The number of carbonyl (C=O) groups is 1. The predicted octanol–water partition coefficient (Wildman–Crippen LogP) is 0.556. The highest BCUT2D eigenvalue weighted by Gasteiger charge is 2.29. The highest BCUT2D eigenvalue weighted by atomic mass is 16.4. The third kappa shape index (κ3) is 3.34. The highest BCUT2D eigenvalue weighted by molar-refractivity contribution is 5.90. The lowest BCUT2D eigenvalue weighted by atomic mass is 9.98. The van der Waals surface area contributed by atoms with Gasteiger partial charge >= 0.3 is 6.01 Å². The van der Waals surface area contributed by atoms with E-state index in [1.165, 1.54) is 0 Å². The van der Waals surface area contributed by atoms with Gasteiger partial charge in [0.25, 0.3) is 0 Å². The Kier molecular flexibility index (Phi) is 3.98. The van der Waals surface area contributed by atoms with Crippen LogP contribution in [0.5, 0.6) is 0 Å². The van der Waals surface area contributed by atoms with Crippen molar-refractivity contribution in [2.45, 2.75) is 31.6 Å². The number of piperidine rings is 1. The normalized spacial score (nSPS) is 23.8. The molecule has 1 aromatic heterocycles. The van der Waals surface area contributed by atoms with Gasteiger partial charge < -0.3 is 10.2 Å². The molecule has 1 amide bonds. The molecule has 2 aliphatic rings. The van der Waals surface area contributed by atoms with Crippen LogP contribution in [0.4, 0.5) is 6.01 Å². The Balaban J connectivity index is 1.48. The van der Waals surface area contributed by atoms with Gasteiger partial charge in [-0.2, -0.15) is 0 Å². The van der Waals surface area contributed by atoms with Crippen molar-refractivity contribution in [1.82, 2.24) is 15.1 Å². The average Bonchev–Trinajstić information content (AvgIpc) is 3.20. The molecule has 2 heterocycles. The number of nitrogens with two attached hydrogens (primary N) is 1. The van der Waals surface area contributed by atoms with Crippen molar-refractivity contribution >= 4 is 11.9 Å². The quantitative estimate of drug-likeness (QED) is 0.817. The zero-order valence-electron chi connectivity index (χ0n) is 11.5. The SMILES string of the molecule is NCC1CCCN(CC(=O)Nc2nnc(C3CC3)o2)C1. The maximum Gasteiger partial charge on any atom is 0.322 e. The van der Waals surface area contributed by atoms with Gasteiger partial charge in [-0.3, -0.25) is 15.0 Å². The molecule has 3 rings (SSSR count). The standard InChI is InChI=1S/C13H21N5O2/c14-6-9-2-1-5-18(7-9)8-11(19)15-13-17-16-12(20-13)10-3-4-10/h9-10H,1-8,14H2,(H,15,17,19). The van der Waals surface area contributed by atoms with Crippen LogP contribution in [0.1, 0.15) is 37.5 Å². The first-order chi connectivity index (χ1) is 9.74. The van der Waals surface area contributed by atoms with Gasteiger partial charge in [0.15, 0.2) is 0 Å². The third-order valence-corrected chi connectivity index (χ3v) is 3.92. The van der Waals surface area contributed by atoms with Crippen LogP contribution >= 0.6 is 0 Å². The Labute approximate surface area is 117 Å². The highest BCUT2D eigenvalue weighted by Crippen LogP contribution is 2.39. The van der Waals surface area contributed by atoms with Gasteiger partial charge in [0.1, 0.15) is 0 Å². The molecule has 0 bridgehead atoms. The second-order valence-electron chi connectivity index (χ2n) is 5.75. The summed E-state index contributed by atoms with van der Waals surface area (Å²) in [6.45, 7) is 2.88. The summed E-state index contributed by atoms with van der Waals surface area (Å²) in [4.78, 5) is 14.1. The van der Waals surface area contributed by atoms with E-state index in [2.05, 4.69) is 20.4 Å². The molecule has 7 heteroatoms. The fraction of sp³-hybridized carbons (Fsp3) is 0.769. The van der Waals surface area contributed by atoms with Gasteiger partial charge in [0, 0.05) is 12.5 Å². The Bertz CT molecular complexity index is 471. The number of likely N-dealkylation sites (tertiary alicyclic amines) is 1. The van der Waals surface area contributed by atoms with Gasteiger partial charge in [-0.1, -0.05) is 5.10 Å². The molecule has 1 aromatic rings. The lowest BCUT2D eigenvalue weighted by molar-refractivity contribution is -0.117. The van der Waals surface area contributed by atoms with Crippen LogP contribution in [0, 0.1) is 5.92 Å². The van der Waals surface area contributed by atoms with Crippen LogP contribution in [0.15, 0.2) is 4.42 Å². The number of hydrogen-bond acceptors (Lipinski definition) is 6. The van der Waals surface area contributed by atoms with E-state index in [1.807, 2.05) is 0 Å². The molecular formula is C13H21N5O2. The van der Waals surface area contributed by atoms with Gasteiger partial charge in [0.05, 0.1) is 6.54 Å². The van der Waals surface area contributed by atoms with Crippen LogP contribution < -0.4 is 11.1 Å². The van der Waals surface area contributed by atoms with E-state index in [0.717, 1.165) is 38.8 Å². The largest absolute Gasteiger partial charge is 0.408 e. The van der Waals surface area contributed by atoms with Crippen molar-refractivity contribution < 1.29 is 9.21 Å². The van der Waals surface area contributed by atoms with Crippen molar-refractivity contribution in [3.8, 4) is 0 Å². The molecule has 2 fully saturated rings. The van der Waals surface area contributed by atoms with E-state index < -0.39 is 0 Å². The second kappa shape index (κ2) is 5.88. The molecule has 0 aromatic carbocycles. The minimum Gasteiger partial charge on any atom is -0.408 e. The minimum atomic E-state index is -0.103. The number of aromatic nitrogens is 2. The molecule has 7 nitrogen and oxygen atoms in total. The predicted molar refractivity (Wildman–Crippen MR) is 73.1 cm³/mol. The Morgan fingerprint density at radius 1 is 1.40 bits per heavy atom. The monoisotopic (exact) mass is 279 g/mol. The first-order valence-electron chi connectivity index (χ1n) is 7.30. The average molecular weight is 279 g/mol. The molecule has 1 aliphatic heterocycles. The van der Waals surface area contributed by atoms with Crippen LogP contribution in [0.3, 0.4) is 0 Å². The first-order valence-corrected chi connectivity index (χ1v) is 7.30. The summed E-state index contributed by atoms with van der Waals surface area (Å²) in [6.07, 6.45) is 4.46. The molecule has 3 N–H and O–H groups in total. The third-order valence-electron chi connectivity index (χ3n) is 3.92. The van der Waals surface area contributed by atoms with Crippen LogP contribution in [-0.4, -0.2) is 47.2 Å². The van der Waals surface area contributed by atoms with E-state index in [0.29, 0.717) is 30.8 Å². The number of nitrogens with one attached hydrogen (secondary N) is 1. The summed E-state index contributed by atoms with van der Waals surface area (Å²) >= 11 is 0. The van der Waals surface area contributed by atoms with E-state index >= 15 is 0 Å². The summed E-state index contributed by atoms with van der Waals surface area (Å²) < 4.78 is 5.42. The number of nitrogens with zero attached hydrogens (tertiary/aromatic N) is 3. The van der Waals surface area contributed by atoms with Gasteiger partial charge in [-0.05, 0) is 44.7 Å². The Morgan fingerprint density at radius 3 is 3.00 bits per heavy atom. The minimum absolute atomic E-state index is 0.103. The lowest BCUT2D eigenvalue weighted by Crippen LogP contribution is -2.42. The van der Waals surface area contributed by atoms with Crippen LogP contribution in [0.25, 0.3) is 0 Å². The zero-order chi connectivity index (χ0) is 13.9. The molecule has 1 unspecified atom stereocenters.